The second-order valence-electron chi connectivity index (χ2n) is 7.28. The molecular formula is C18H28N4O5. The Labute approximate surface area is 159 Å². The SMILES string of the molecule is O=C(NCC(=O)N1CCN(C(=O)C(=O)N2CCOCC2)CC1)C1CCCC1. The van der Waals surface area contributed by atoms with Gasteiger partial charge in [0.1, 0.15) is 0 Å². The van der Waals surface area contributed by atoms with Crippen LogP contribution in [0.1, 0.15) is 25.7 Å². The highest BCUT2D eigenvalue weighted by Crippen LogP contribution is 2.24. The largest absolute Gasteiger partial charge is 0.378 e. The number of hydrogen-bond acceptors (Lipinski definition) is 5. The van der Waals surface area contributed by atoms with Gasteiger partial charge in [-0.05, 0) is 12.8 Å². The van der Waals surface area contributed by atoms with Crippen molar-refractivity contribution in [3.8, 4) is 0 Å². The highest BCUT2D eigenvalue weighted by atomic mass is 16.5. The van der Waals surface area contributed by atoms with Crippen molar-refractivity contribution < 1.29 is 23.9 Å². The first-order valence-electron chi connectivity index (χ1n) is 9.77. The molecule has 0 unspecified atom stereocenters. The number of carbonyl (C=O) groups is 4. The van der Waals surface area contributed by atoms with Crippen LogP contribution in [-0.2, 0) is 23.9 Å². The molecule has 2 saturated heterocycles. The van der Waals surface area contributed by atoms with E-state index in [-0.39, 0.29) is 24.3 Å². The summed E-state index contributed by atoms with van der Waals surface area (Å²) in [5.41, 5.74) is 0. The van der Waals surface area contributed by atoms with E-state index in [0.717, 1.165) is 25.7 Å². The fraction of sp³-hybridized carbons (Fsp3) is 0.778. The molecule has 0 atom stereocenters. The molecule has 27 heavy (non-hydrogen) atoms. The fourth-order valence-corrected chi connectivity index (χ4v) is 3.80. The van der Waals surface area contributed by atoms with Crippen LogP contribution in [0.3, 0.4) is 0 Å². The normalized spacial score (nSPS) is 21.3. The molecule has 3 rings (SSSR count). The van der Waals surface area contributed by atoms with E-state index in [0.29, 0.717) is 52.5 Å². The Morgan fingerprint density at radius 1 is 0.778 bits per heavy atom. The summed E-state index contributed by atoms with van der Waals surface area (Å²) in [4.78, 5) is 53.6. The van der Waals surface area contributed by atoms with Crippen molar-refractivity contribution in [3.05, 3.63) is 0 Å². The van der Waals surface area contributed by atoms with Crippen LogP contribution in [0.25, 0.3) is 0 Å². The highest BCUT2D eigenvalue weighted by Gasteiger charge is 2.31. The lowest BCUT2D eigenvalue weighted by molar-refractivity contribution is -0.155. The molecule has 9 heteroatoms. The molecule has 0 aromatic carbocycles. The molecule has 9 nitrogen and oxygen atoms in total. The van der Waals surface area contributed by atoms with Crippen molar-refractivity contribution in [2.75, 3.05) is 59.0 Å². The Morgan fingerprint density at radius 2 is 1.30 bits per heavy atom. The van der Waals surface area contributed by atoms with Gasteiger partial charge in [-0.2, -0.15) is 0 Å². The van der Waals surface area contributed by atoms with Crippen molar-refractivity contribution in [2.45, 2.75) is 25.7 Å². The number of amides is 4. The third-order valence-electron chi connectivity index (χ3n) is 5.54. The topological polar surface area (TPSA) is 99.3 Å². The summed E-state index contributed by atoms with van der Waals surface area (Å²) in [5, 5.41) is 2.73. The molecule has 0 radical (unpaired) electrons. The van der Waals surface area contributed by atoms with Crippen LogP contribution in [-0.4, -0.2) is 97.4 Å². The van der Waals surface area contributed by atoms with Gasteiger partial charge >= 0.3 is 11.8 Å². The number of ether oxygens (including phenoxy) is 1. The number of nitrogens with zero attached hydrogens (tertiary/aromatic N) is 3. The van der Waals surface area contributed by atoms with Gasteiger partial charge in [-0.3, -0.25) is 19.2 Å². The minimum atomic E-state index is -0.515. The lowest BCUT2D eigenvalue weighted by Crippen LogP contribution is -2.56. The molecule has 1 aliphatic carbocycles. The zero-order valence-electron chi connectivity index (χ0n) is 15.7. The highest BCUT2D eigenvalue weighted by molar-refractivity contribution is 6.34. The molecule has 3 aliphatic rings. The summed E-state index contributed by atoms with van der Waals surface area (Å²) in [5.74, 6) is -1.15. The summed E-state index contributed by atoms with van der Waals surface area (Å²) in [6.07, 6.45) is 3.95. The van der Waals surface area contributed by atoms with Crippen LogP contribution in [0.2, 0.25) is 0 Å². The minimum absolute atomic E-state index is 0.00398. The predicted molar refractivity (Wildman–Crippen MR) is 95.5 cm³/mol. The fourth-order valence-electron chi connectivity index (χ4n) is 3.80. The monoisotopic (exact) mass is 380 g/mol. The molecule has 2 heterocycles. The third-order valence-corrected chi connectivity index (χ3v) is 5.54. The second-order valence-corrected chi connectivity index (χ2v) is 7.28. The van der Waals surface area contributed by atoms with Gasteiger partial charge < -0.3 is 24.8 Å². The summed E-state index contributed by atoms with van der Waals surface area (Å²) in [7, 11) is 0. The van der Waals surface area contributed by atoms with E-state index in [9.17, 15) is 19.2 Å². The van der Waals surface area contributed by atoms with Crippen LogP contribution in [0.15, 0.2) is 0 Å². The molecule has 1 saturated carbocycles. The zero-order chi connectivity index (χ0) is 19.2. The molecule has 0 spiro atoms. The standard InChI is InChI=1S/C18H28N4O5/c23-15(13-19-16(24)14-3-1-2-4-14)20-5-7-21(8-6-20)17(25)18(26)22-9-11-27-12-10-22/h14H,1-13H2,(H,19,24). The van der Waals surface area contributed by atoms with Crippen molar-refractivity contribution >= 4 is 23.6 Å². The molecule has 0 bridgehead atoms. The maximum Gasteiger partial charge on any atom is 0.312 e. The van der Waals surface area contributed by atoms with Crippen LogP contribution in [0.5, 0.6) is 0 Å². The van der Waals surface area contributed by atoms with E-state index >= 15 is 0 Å². The number of rotatable bonds is 3. The van der Waals surface area contributed by atoms with Crippen molar-refractivity contribution in [2.24, 2.45) is 5.92 Å². The van der Waals surface area contributed by atoms with E-state index in [2.05, 4.69) is 5.32 Å². The van der Waals surface area contributed by atoms with Crippen LogP contribution >= 0.6 is 0 Å². The van der Waals surface area contributed by atoms with E-state index < -0.39 is 11.8 Å². The van der Waals surface area contributed by atoms with Gasteiger partial charge in [-0.1, -0.05) is 12.8 Å². The van der Waals surface area contributed by atoms with Crippen molar-refractivity contribution in [3.63, 3.8) is 0 Å². The molecule has 0 aromatic rings. The average molecular weight is 380 g/mol. The van der Waals surface area contributed by atoms with E-state index in [1.165, 1.54) is 9.80 Å². The van der Waals surface area contributed by atoms with Gasteiger partial charge in [0.15, 0.2) is 0 Å². The Balaban J connectivity index is 1.39. The quantitative estimate of drug-likeness (QED) is 0.622. The number of piperazine rings is 1. The third kappa shape index (κ3) is 4.97. The molecule has 150 valence electrons. The number of hydrogen-bond donors (Lipinski definition) is 1. The molecule has 0 aromatic heterocycles. The molecule has 4 amide bonds. The van der Waals surface area contributed by atoms with Crippen molar-refractivity contribution in [1.29, 1.82) is 0 Å². The first kappa shape index (κ1) is 19.6. The van der Waals surface area contributed by atoms with Crippen molar-refractivity contribution in [1.82, 2.24) is 20.0 Å². The Hall–Kier alpha value is -2.16. The van der Waals surface area contributed by atoms with Gasteiger partial charge in [0, 0.05) is 45.2 Å². The van der Waals surface area contributed by atoms with Gasteiger partial charge in [-0.25, -0.2) is 0 Å². The molecule has 2 aliphatic heterocycles. The molecular weight excluding hydrogens is 352 g/mol. The lowest BCUT2D eigenvalue weighted by atomic mass is 10.1. The van der Waals surface area contributed by atoms with Gasteiger partial charge in [-0.15, -0.1) is 0 Å². The van der Waals surface area contributed by atoms with Gasteiger partial charge in [0.05, 0.1) is 19.8 Å². The smallest absolute Gasteiger partial charge is 0.312 e. The summed E-state index contributed by atoms with van der Waals surface area (Å²) in [6.45, 7) is 3.18. The van der Waals surface area contributed by atoms with Crippen LogP contribution < -0.4 is 5.32 Å². The Morgan fingerprint density at radius 3 is 1.89 bits per heavy atom. The molecule has 3 fully saturated rings. The number of morpholine rings is 1. The van der Waals surface area contributed by atoms with Crippen LogP contribution in [0, 0.1) is 5.92 Å². The maximum atomic E-state index is 12.4. The predicted octanol–water partition coefficient (Wildman–Crippen LogP) is -1.18. The van der Waals surface area contributed by atoms with E-state index in [1.807, 2.05) is 0 Å². The first-order chi connectivity index (χ1) is 13.1. The molecule has 1 N–H and O–H groups in total. The second kappa shape index (κ2) is 9.16. The zero-order valence-corrected chi connectivity index (χ0v) is 15.7. The number of carbonyl (C=O) groups excluding carboxylic acids is 4. The first-order valence-corrected chi connectivity index (χ1v) is 9.77. The van der Waals surface area contributed by atoms with E-state index in [1.54, 1.807) is 4.90 Å². The summed E-state index contributed by atoms with van der Waals surface area (Å²) in [6, 6.07) is 0. The summed E-state index contributed by atoms with van der Waals surface area (Å²) < 4.78 is 5.19. The van der Waals surface area contributed by atoms with E-state index in [4.69, 9.17) is 4.74 Å². The average Bonchev–Trinajstić information content (AvgIpc) is 3.26. The Kier molecular flexibility index (Phi) is 6.65. The Bertz CT molecular complexity index is 576. The van der Waals surface area contributed by atoms with Crippen LogP contribution in [0.4, 0.5) is 0 Å². The van der Waals surface area contributed by atoms with Gasteiger partial charge in [0.2, 0.25) is 11.8 Å². The lowest BCUT2D eigenvalue weighted by Gasteiger charge is -2.36. The maximum absolute atomic E-state index is 12.4. The van der Waals surface area contributed by atoms with Gasteiger partial charge in [0.25, 0.3) is 0 Å². The minimum Gasteiger partial charge on any atom is -0.378 e. The summed E-state index contributed by atoms with van der Waals surface area (Å²) >= 11 is 0. The number of nitrogens with one attached hydrogen (secondary N) is 1.